The molecule has 1 amide bonds. The van der Waals surface area contributed by atoms with E-state index in [9.17, 15) is 9.18 Å². The first-order chi connectivity index (χ1) is 8.97. The third-order valence-electron chi connectivity index (χ3n) is 2.91. The summed E-state index contributed by atoms with van der Waals surface area (Å²) in [6.45, 7) is 5.73. The lowest BCUT2D eigenvalue weighted by molar-refractivity contribution is -0.127. The molecule has 0 radical (unpaired) electrons. The zero-order chi connectivity index (χ0) is 14.4. The standard InChI is InChI=1S/C14H21FN2O2/c1-4-9(2)17-14(18)10(3)19-13-6-5-11(8-16)7-12(13)15/h5-7,9-10H,4,8,16H2,1-3H3,(H,17,18). The van der Waals surface area contributed by atoms with E-state index in [4.69, 9.17) is 10.5 Å². The highest BCUT2D eigenvalue weighted by molar-refractivity contribution is 5.80. The van der Waals surface area contributed by atoms with Crippen molar-refractivity contribution in [2.45, 2.75) is 45.9 Å². The number of halogens is 1. The molecule has 0 aromatic heterocycles. The minimum Gasteiger partial charge on any atom is -0.478 e. The molecule has 1 rings (SSSR count). The molecule has 3 N–H and O–H groups in total. The Morgan fingerprint density at radius 2 is 2.16 bits per heavy atom. The molecule has 0 aliphatic rings. The summed E-state index contributed by atoms with van der Waals surface area (Å²) in [6.07, 6.45) is 0.0881. The lowest BCUT2D eigenvalue weighted by atomic mass is 10.2. The van der Waals surface area contributed by atoms with Gasteiger partial charge in [0.05, 0.1) is 0 Å². The van der Waals surface area contributed by atoms with Gasteiger partial charge in [0.2, 0.25) is 0 Å². The summed E-state index contributed by atoms with van der Waals surface area (Å²) in [6, 6.07) is 4.56. The molecule has 19 heavy (non-hydrogen) atoms. The number of carbonyl (C=O) groups is 1. The van der Waals surface area contributed by atoms with Gasteiger partial charge in [-0.15, -0.1) is 0 Å². The molecule has 2 unspecified atom stereocenters. The maximum absolute atomic E-state index is 13.7. The molecule has 0 bridgehead atoms. The molecule has 0 spiro atoms. The Balaban J connectivity index is 2.66. The first-order valence-corrected chi connectivity index (χ1v) is 6.43. The number of nitrogens with two attached hydrogens (primary N) is 1. The van der Waals surface area contributed by atoms with Gasteiger partial charge in [0, 0.05) is 12.6 Å². The van der Waals surface area contributed by atoms with Gasteiger partial charge in [-0.2, -0.15) is 0 Å². The highest BCUT2D eigenvalue weighted by Gasteiger charge is 2.17. The van der Waals surface area contributed by atoms with E-state index in [1.165, 1.54) is 12.1 Å². The van der Waals surface area contributed by atoms with Crippen LogP contribution in [0.2, 0.25) is 0 Å². The van der Waals surface area contributed by atoms with Gasteiger partial charge in [-0.05, 0) is 38.0 Å². The van der Waals surface area contributed by atoms with Crippen molar-refractivity contribution in [1.29, 1.82) is 0 Å². The normalized spacial score (nSPS) is 13.7. The molecule has 2 atom stereocenters. The Morgan fingerprint density at radius 3 is 2.68 bits per heavy atom. The number of hydrogen-bond acceptors (Lipinski definition) is 3. The first kappa shape index (κ1) is 15.4. The third kappa shape index (κ3) is 4.52. The van der Waals surface area contributed by atoms with Crippen LogP contribution in [-0.4, -0.2) is 18.1 Å². The zero-order valence-corrected chi connectivity index (χ0v) is 11.6. The number of benzene rings is 1. The van der Waals surface area contributed by atoms with Gasteiger partial charge >= 0.3 is 0 Å². The highest BCUT2D eigenvalue weighted by Crippen LogP contribution is 2.19. The summed E-state index contributed by atoms with van der Waals surface area (Å²) in [5, 5.41) is 2.79. The SMILES string of the molecule is CCC(C)NC(=O)C(C)Oc1ccc(CN)cc1F. The molecule has 0 aliphatic carbocycles. The van der Waals surface area contributed by atoms with E-state index in [1.54, 1.807) is 13.0 Å². The van der Waals surface area contributed by atoms with Crippen LogP contribution in [-0.2, 0) is 11.3 Å². The average molecular weight is 268 g/mol. The molecule has 5 heteroatoms. The Hall–Kier alpha value is -1.62. The van der Waals surface area contributed by atoms with Crippen molar-refractivity contribution in [3.63, 3.8) is 0 Å². The summed E-state index contributed by atoms with van der Waals surface area (Å²) >= 11 is 0. The van der Waals surface area contributed by atoms with Crippen LogP contribution < -0.4 is 15.8 Å². The third-order valence-corrected chi connectivity index (χ3v) is 2.91. The highest BCUT2D eigenvalue weighted by atomic mass is 19.1. The number of nitrogens with one attached hydrogen (secondary N) is 1. The summed E-state index contributed by atoms with van der Waals surface area (Å²) in [7, 11) is 0. The molecule has 1 aromatic rings. The van der Waals surface area contributed by atoms with E-state index in [1.807, 2.05) is 13.8 Å². The molecular weight excluding hydrogens is 247 g/mol. The van der Waals surface area contributed by atoms with Crippen LogP contribution >= 0.6 is 0 Å². The van der Waals surface area contributed by atoms with Crippen molar-refractivity contribution >= 4 is 5.91 Å². The van der Waals surface area contributed by atoms with Crippen molar-refractivity contribution in [2.75, 3.05) is 0 Å². The van der Waals surface area contributed by atoms with Gasteiger partial charge < -0.3 is 15.8 Å². The number of rotatable bonds is 6. The fraction of sp³-hybridized carbons (Fsp3) is 0.500. The smallest absolute Gasteiger partial charge is 0.260 e. The molecular formula is C14H21FN2O2. The van der Waals surface area contributed by atoms with E-state index >= 15 is 0 Å². The number of hydrogen-bond donors (Lipinski definition) is 2. The minimum atomic E-state index is -0.743. The van der Waals surface area contributed by atoms with Crippen molar-refractivity contribution in [3.05, 3.63) is 29.6 Å². The van der Waals surface area contributed by atoms with E-state index in [0.717, 1.165) is 6.42 Å². The van der Waals surface area contributed by atoms with Gasteiger partial charge in [0.1, 0.15) is 0 Å². The van der Waals surface area contributed by atoms with Crippen LogP contribution in [0, 0.1) is 5.82 Å². The van der Waals surface area contributed by atoms with Crippen molar-refractivity contribution in [1.82, 2.24) is 5.32 Å². The molecule has 0 heterocycles. The number of carbonyl (C=O) groups excluding carboxylic acids is 1. The quantitative estimate of drug-likeness (QED) is 0.829. The largest absolute Gasteiger partial charge is 0.478 e. The van der Waals surface area contributed by atoms with Crippen LogP contribution in [0.3, 0.4) is 0 Å². The molecule has 4 nitrogen and oxygen atoms in total. The van der Waals surface area contributed by atoms with E-state index in [0.29, 0.717) is 5.56 Å². The zero-order valence-electron chi connectivity index (χ0n) is 11.6. The Kier molecular flexibility index (Phi) is 5.76. The lowest BCUT2D eigenvalue weighted by Gasteiger charge is -2.18. The molecule has 106 valence electrons. The van der Waals surface area contributed by atoms with Crippen molar-refractivity contribution in [3.8, 4) is 5.75 Å². The maximum atomic E-state index is 13.7. The second-order valence-corrected chi connectivity index (χ2v) is 4.55. The van der Waals surface area contributed by atoms with Crippen LogP contribution in [0.4, 0.5) is 4.39 Å². The fourth-order valence-electron chi connectivity index (χ4n) is 1.47. The first-order valence-electron chi connectivity index (χ1n) is 6.43. The fourth-order valence-corrected chi connectivity index (χ4v) is 1.47. The summed E-state index contributed by atoms with van der Waals surface area (Å²) < 4.78 is 19.0. The van der Waals surface area contributed by atoms with Crippen LogP contribution in [0.5, 0.6) is 5.75 Å². The molecule has 0 saturated carbocycles. The second kappa shape index (κ2) is 7.09. The molecule has 0 fully saturated rings. The minimum absolute atomic E-state index is 0.0593. The molecule has 0 saturated heterocycles. The van der Waals surface area contributed by atoms with Crippen LogP contribution in [0.15, 0.2) is 18.2 Å². The van der Waals surface area contributed by atoms with Gasteiger partial charge in [0.25, 0.3) is 5.91 Å². The van der Waals surface area contributed by atoms with Gasteiger partial charge in [0.15, 0.2) is 17.7 Å². The van der Waals surface area contributed by atoms with Crippen LogP contribution in [0.1, 0.15) is 32.8 Å². The van der Waals surface area contributed by atoms with Gasteiger partial charge in [-0.25, -0.2) is 4.39 Å². The van der Waals surface area contributed by atoms with Crippen molar-refractivity contribution in [2.24, 2.45) is 5.73 Å². The number of amides is 1. The monoisotopic (exact) mass is 268 g/mol. The number of ether oxygens (including phenoxy) is 1. The topological polar surface area (TPSA) is 64.3 Å². The Morgan fingerprint density at radius 1 is 1.47 bits per heavy atom. The van der Waals surface area contributed by atoms with Crippen LogP contribution in [0.25, 0.3) is 0 Å². The van der Waals surface area contributed by atoms with E-state index < -0.39 is 11.9 Å². The lowest BCUT2D eigenvalue weighted by Crippen LogP contribution is -2.41. The van der Waals surface area contributed by atoms with E-state index in [-0.39, 0.29) is 24.2 Å². The molecule has 0 aliphatic heterocycles. The van der Waals surface area contributed by atoms with Crippen molar-refractivity contribution < 1.29 is 13.9 Å². The Labute approximate surface area is 113 Å². The maximum Gasteiger partial charge on any atom is 0.260 e. The Bertz CT molecular complexity index is 437. The predicted octanol–water partition coefficient (Wildman–Crippen LogP) is 1.97. The van der Waals surface area contributed by atoms with E-state index in [2.05, 4.69) is 5.32 Å². The van der Waals surface area contributed by atoms with Gasteiger partial charge in [-0.1, -0.05) is 13.0 Å². The second-order valence-electron chi connectivity index (χ2n) is 4.55. The summed E-state index contributed by atoms with van der Waals surface area (Å²) in [5.74, 6) is -0.702. The molecule has 1 aromatic carbocycles. The van der Waals surface area contributed by atoms with Gasteiger partial charge in [-0.3, -0.25) is 4.79 Å². The summed E-state index contributed by atoms with van der Waals surface area (Å²) in [5.41, 5.74) is 6.10. The summed E-state index contributed by atoms with van der Waals surface area (Å²) in [4.78, 5) is 11.8. The average Bonchev–Trinajstić information content (AvgIpc) is 2.40. The predicted molar refractivity (Wildman–Crippen MR) is 72.3 cm³/mol.